The molecule has 0 bridgehead atoms. The predicted octanol–water partition coefficient (Wildman–Crippen LogP) is -0.260. The minimum absolute atomic E-state index is 0.00713. The van der Waals surface area contributed by atoms with E-state index in [0.29, 0.717) is 19.0 Å². The van der Waals surface area contributed by atoms with Gasteiger partial charge in [-0.1, -0.05) is 6.42 Å². The normalized spacial score (nSPS) is 27.2. The predicted molar refractivity (Wildman–Crippen MR) is 75.2 cm³/mol. The van der Waals surface area contributed by atoms with Crippen molar-refractivity contribution in [2.75, 3.05) is 39.9 Å². The molecule has 20 heavy (non-hydrogen) atoms. The Morgan fingerprint density at radius 2 is 2.15 bits per heavy atom. The van der Waals surface area contributed by atoms with Gasteiger partial charge in [0.1, 0.15) is 0 Å². The summed E-state index contributed by atoms with van der Waals surface area (Å²) in [6.45, 7) is 3.34. The highest BCUT2D eigenvalue weighted by Gasteiger charge is 2.29. The Bertz CT molecular complexity index is 343. The van der Waals surface area contributed by atoms with Gasteiger partial charge in [-0.3, -0.25) is 14.5 Å². The van der Waals surface area contributed by atoms with Gasteiger partial charge in [0.15, 0.2) is 0 Å². The van der Waals surface area contributed by atoms with Gasteiger partial charge in [-0.05, 0) is 25.8 Å². The van der Waals surface area contributed by atoms with Crippen LogP contribution in [0.1, 0.15) is 25.7 Å². The van der Waals surface area contributed by atoms with Crippen LogP contribution in [0.25, 0.3) is 0 Å². The zero-order valence-electron chi connectivity index (χ0n) is 12.2. The molecule has 2 amide bonds. The summed E-state index contributed by atoms with van der Waals surface area (Å²) >= 11 is 0. The van der Waals surface area contributed by atoms with E-state index >= 15 is 0 Å². The Morgan fingerprint density at radius 3 is 2.85 bits per heavy atom. The molecule has 2 N–H and O–H groups in total. The molecule has 2 heterocycles. The summed E-state index contributed by atoms with van der Waals surface area (Å²) in [7, 11) is 1.65. The number of carbonyl (C=O) groups excluding carboxylic acids is 2. The van der Waals surface area contributed by atoms with Crippen molar-refractivity contribution in [1.82, 2.24) is 15.5 Å². The van der Waals surface area contributed by atoms with Gasteiger partial charge in [-0.15, -0.1) is 0 Å². The van der Waals surface area contributed by atoms with E-state index in [1.54, 1.807) is 7.05 Å². The Hall–Kier alpha value is -1.14. The standard InChI is InChI=1S/C14H25N3O3/c1-15-14(19)12-4-2-3-6-17(12)9-13(18)16-8-11-5-7-20-10-11/h11-12H,2-10H2,1H3,(H,15,19)(H,16,18). The van der Waals surface area contributed by atoms with E-state index < -0.39 is 0 Å². The summed E-state index contributed by atoms with van der Waals surface area (Å²) < 4.78 is 5.29. The molecule has 2 fully saturated rings. The number of piperidine rings is 1. The first-order valence-corrected chi connectivity index (χ1v) is 7.51. The average Bonchev–Trinajstić information content (AvgIpc) is 2.98. The number of hydrogen-bond acceptors (Lipinski definition) is 4. The molecule has 0 aliphatic carbocycles. The molecule has 0 aromatic heterocycles. The van der Waals surface area contributed by atoms with Crippen molar-refractivity contribution < 1.29 is 14.3 Å². The van der Waals surface area contributed by atoms with Gasteiger partial charge in [-0.25, -0.2) is 0 Å². The number of nitrogens with one attached hydrogen (secondary N) is 2. The molecular weight excluding hydrogens is 258 g/mol. The van der Waals surface area contributed by atoms with E-state index in [9.17, 15) is 9.59 Å². The maximum atomic E-state index is 12.0. The maximum Gasteiger partial charge on any atom is 0.237 e. The molecule has 0 spiro atoms. The van der Waals surface area contributed by atoms with Gasteiger partial charge in [0.2, 0.25) is 11.8 Å². The van der Waals surface area contributed by atoms with E-state index in [1.165, 1.54) is 0 Å². The highest BCUT2D eigenvalue weighted by atomic mass is 16.5. The molecule has 6 heteroatoms. The van der Waals surface area contributed by atoms with Gasteiger partial charge in [0, 0.05) is 26.1 Å². The van der Waals surface area contributed by atoms with E-state index in [-0.39, 0.29) is 17.9 Å². The monoisotopic (exact) mass is 283 g/mol. The van der Waals surface area contributed by atoms with Gasteiger partial charge in [0.25, 0.3) is 0 Å². The first-order chi connectivity index (χ1) is 9.70. The Balaban J connectivity index is 1.77. The average molecular weight is 283 g/mol. The van der Waals surface area contributed by atoms with E-state index in [2.05, 4.69) is 10.6 Å². The van der Waals surface area contributed by atoms with Crippen LogP contribution in [-0.4, -0.2) is 62.7 Å². The zero-order valence-corrected chi connectivity index (χ0v) is 12.2. The van der Waals surface area contributed by atoms with Gasteiger partial charge < -0.3 is 15.4 Å². The van der Waals surface area contributed by atoms with Crippen molar-refractivity contribution >= 4 is 11.8 Å². The van der Waals surface area contributed by atoms with E-state index in [4.69, 9.17) is 4.74 Å². The number of likely N-dealkylation sites (N-methyl/N-ethyl adjacent to an activating group) is 1. The van der Waals surface area contributed by atoms with Crippen LogP contribution in [-0.2, 0) is 14.3 Å². The third kappa shape index (κ3) is 4.18. The molecule has 114 valence electrons. The lowest BCUT2D eigenvalue weighted by atomic mass is 10.0. The number of carbonyl (C=O) groups is 2. The number of rotatable bonds is 5. The lowest BCUT2D eigenvalue weighted by Gasteiger charge is -2.33. The summed E-state index contributed by atoms with van der Waals surface area (Å²) in [5, 5.41) is 5.64. The fourth-order valence-electron chi connectivity index (χ4n) is 2.89. The lowest BCUT2D eigenvalue weighted by Crippen LogP contribution is -2.52. The fraction of sp³-hybridized carbons (Fsp3) is 0.857. The summed E-state index contributed by atoms with van der Waals surface area (Å²) in [6.07, 6.45) is 3.96. The Morgan fingerprint density at radius 1 is 1.30 bits per heavy atom. The lowest BCUT2D eigenvalue weighted by molar-refractivity contribution is -0.130. The minimum Gasteiger partial charge on any atom is -0.381 e. The second kappa shape index (κ2) is 7.59. The molecule has 2 aliphatic rings. The second-order valence-corrected chi connectivity index (χ2v) is 5.63. The molecule has 0 aromatic carbocycles. The van der Waals surface area contributed by atoms with Crippen LogP contribution >= 0.6 is 0 Å². The van der Waals surface area contributed by atoms with Crippen LogP contribution in [0.15, 0.2) is 0 Å². The second-order valence-electron chi connectivity index (χ2n) is 5.63. The van der Waals surface area contributed by atoms with Crippen LogP contribution in [0.5, 0.6) is 0 Å². The molecule has 6 nitrogen and oxygen atoms in total. The molecule has 2 rings (SSSR count). The third-order valence-corrected chi connectivity index (χ3v) is 4.12. The molecule has 2 aliphatic heterocycles. The molecule has 2 saturated heterocycles. The zero-order chi connectivity index (χ0) is 14.4. The van der Waals surface area contributed by atoms with Crippen LogP contribution < -0.4 is 10.6 Å². The van der Waals surface area contributed by atoms with Gasteiger partial charge >= 0.3 is 0 Å². The van der Waals surface area contributed by atoms with Gasteiger partial charge in [0.05, 0.1) is 19.2 Å². The molecule has 0 radical (unpaired) electrons. The molecule has 0 saturated carbocycles. The number of nitrogens with zero attached hydrogens (tertiary/aromatic N) is 1. The van der Waals surface area contributed by atoms with Crippen molar-refractivity contribution in [3.05, 3.63) is 0 Å². The number of likely N-dealkylation sites (tertiary alicyclic amines) is 1. The summed E-state index contributed by atoms with van der Waals surface area (Å²) in [4.78, 5) is 25.8. The van der Waals surface area contributed by atoms with Crippen LogP contribution in [0.4, 0.5) is 0 Å². The third-order valence-electron chi connectivity index (χ3n) is 4.12. The van der Waals surface area contributed by atoms with Crippen molar-refractivity contribution in [1.29, 1.82) is 0 Å². The highest BCUT2D eigenvalue weighted by Crippen LogP contribution is 2.16. The Labute approximate surface area is 120 Å². The van der Waals surface area contributed by atoms with Crippen molar-refractivity contribution in [2.24, 2.45) is 5.92 Å². The smallest absolute Gasteiger partial charge is 0.237 e. The largest absolute Gasteiger partial charge is 0.381 e. The number of amides is 2. The van der Waals surface area contributed by atoms with Crippen molar-refractivity contribution in [2.45, 2.75) is 31.7 Å². The molecule has 2 atom stereocenters. The fourth-order valence-corrected chi connectivity index (χ4v) is 2.89. The van der Waals surface area contributed by atoms with E-state index in [1.807, 2.05) is 4.90 Å². The van der Waals surface area contributed by atoms with E-state index in [0.717, 1.165) is 45.4 Å². The highest BCUT2D eigenvalue weighted by molar-refractivity contribution is 5.83. The molecule has 2 unspecified atom stereocenters. The van der Waals surface area contributed by atoms with Crippen LogP contribution in [0.3, 0.4) is 0 Å². The summed E-state index contributed by atoms with van der Waals surface area (Å²) in [5.74, 6) is 0.462. The van der Waals surface area contributed by atoms with Crippen molar-refractivity contribution in [3.8, 4) is 0 Å². The maximum absolute atomic E-state index is 12.0. The molecular formula is C14H25N3O3. The SMILES string of the molecule is CNC(=O)C1CCCCN1CC(=O)NCC1CCOC1. The molecule has 0 aromatic rings. The quantitative estimate of drug-likeness (QED) is 0.729. The first kappa shape index (κ1) is 15.3. The van der Waals surface area contributed by atoms with Crippen molar-refractivity contribution in [3.63, 3.8) is 0 Å². The van der Waals surface area contributed by atoms with Crippen LogP contribution in [0.2, 0.25) is 0 Å². The van der Waals surface area contributed by atoms with Crippen LogP contribution in [0, 0.1) is 5.92 Å². The first-order valence-electron chi connectivity index (χ1n) is 7.51. The van der Waals surface area contributed by atoms with Gasteiger partial charge in [-0.2, -0.15) is 0 Å². The topological polar surface area (TPSA) is 70.7 Å². The summed E-state index contributed by atoms with van der Waals surface area (Å²) in [5.41, 5.74) is 0. The summed E-state index contributed by atoms with van der Waals surface area (Å²) in [6, 6.07) is -0.158. The number of hydrogen-bond donors (Lipinski definition) is 2. The minimum atomic E-state index is -0.158. The Kier molecular flexibility index (Phi) is 5.79. The number of ether oxygens (including phenoxy) is 1.